The first-order valence-corrected chi connectivity index (χ1v) is 4.90. The number of carbonyl (C=O) groups excluding carboxylic acids is 1. The van der Waals surface area contributed by atoms with E-state index >= 15 is 0 Å². The number of aliphatic hydroxyl groups excluding tert-OH is 1. The zero-order valence-corrected chi connectivity index (χ0v) is 9.10. The highest BCUT2D eigenvalue weighted by atomic mass is 16.3. The van der Waals surface area contributed by atoms with Gasteiger partial charge in [-0.3, -0.25) is 4.79 Å². The number of aromatic nitrogens is 1. The van der Waals surface area contributed by atoms with Crippen LogP contribution in [0.2, 0.25) is 0 Å². The molecule has 6 heteroatoms. The fourth-order valence-electron chi connectivity index (χ4n) is 1.19. The molecule has 0 aliphatic carbocycles. The van der Waals surface area contributed by atoms with Gasteiger partial charge in [0.25, 0.3) is 0 Å². The highest BCUT2D eigenvalue weighted by Crippen LogP contribution is 2.07. The second-order valence-electron chi connectivity index (χ2n) is 3.49. The van der Waals surface area contributed by atoms with E-state index < -0.39 is 11.9 Å². The van der Waals surface area contributed by atoms with Crippen molar-refractivity contribution in [1.29, 1.82) is 0 Å². The molecule has 1 heterocycles. The lowest BCUT2D eigenvalue weighted by Gasteiger charge is -2.10. The summed E-state index contributed by atoms with van der Waals surface area (Å²) in [7, 11) is 0. The Bertz CT molecular complexity index is 381. The van der Waals surface area contributed by atoms with Crippen LogP contribution in [0.4, 0.5) is 5.82 Å². The number of nitrogen functional groups attached to an aromatic ring is 1. The Morgan fingerprint density at radius 3 is 2.88 bits per heavy atom. The van der Waals surface area contributed by atoms with Gasteiger partial charge < -0.3 is 21.9 Å². The third-order valence-electron chi connectivity index (χ3n) is 2.20. The number of amides is 1. The predicted octanol–water partition coefficient (Wildman–Crippen LogP) is -1.09. The van der Waals surface area contributed by atoms with E-state index in [0.717, 1.165) is 11.3 Å². The summed E-state index contributed by atoms with van der Waals surface area (Å²) in [5, 5.41) is 11.3. The summed E-state index contributed by atoms with van der Waals surface area (Å²) in [5.74, 6) is 0.0540. The predicted molar refractivity (Wildman–Crippen MR) is 60.3 cm³/mol. The van der Waals surface area contributed by atoms with Crippen molar-refractivity contribution in [3.63, 3.8) is 0 Å². The van der Waals surface area contributed by atoms with Gasteiger partial charge in [0, 0.05) is 12.2 Å². The Kier molecular flexibility index (Phi) is 4.21. The molecule has 0 aliphatic heterocycles. The number of anilines is 1. The second kappa shape index (κ2) is 5.43. The van der Waals surface area contributed by atoms with Crippen molar-refractivity contribution in [3.05, 3.63) is 23.4 Å². The van der Waals surface area contributed by atoms with E-state index in [1.807, 2.05) is 6.92 Å². The van der Waals surface area contributed by atoms with Gasteiger partial charge >= 0.3 is 0 Å². The fourth-order valence-corrected chi connectivity index (χ4v) is 1.19. The Labute approximate surface area is 93.7 Å². The monoisotopic (exact) mass is 224 g/mol. The van der Waals surface area contributed by atoms with E-state index in [-0.39, 0.29) is 6.61 Å². The quantitative estimate of drug-likeness (QED) is 0.518. The number of nitrogens with two attached hydrogens (primary N) is 2. The van der Waals surface area contributed by atoms with Gasteiger partial charge in [0.15, 0.2) is 0 Å². The fraction of sp³-hybridized carbons (Fsp3) is 0.400. The maximum absolute atomic E-state index is 11.3. The lowest BCUT2D eigenvalue weighted by atomic mass is 10.2. The zero-order valence-electron chi connectivity index (χ0n) is 9.10. The summed E-state index contributed by atoms with van der Waals surface area (Å²) in [6, 6.07) is 2.57. The van der Waals surface area contributed by atoms with Crippen LogP contribution in [-0.4, -0.2) is 28.6 Å². The molecule has 1 amide bonds. The third kappa shape index (κ3) is 3.18. The number of carbonyl (C=O) groups is 1. The van der Waals surface area contributed by atoms with Gasteiger partial charge in [-0.2, -0.15) is 0 Å². The smallest absolute Gasteiger partial charge is 0.239 e. The first-order valence-electron chi connectivity index (χ1n) is 4.90. The van der Waals surface area contributed by atoms with Gasteiger partial charge in [-0.25, -0.2) is 4.98 Å². The topological polar surface area (TPSA) is 114 Å². The number of hydrogen-bond donors (Lipinski definition) is 4. The lowest BCUT2D eigenvalue weighted by Crippen LogP contribution is -2.42. The molecule has 1 atom stereocenters. The van der Waals surface area contributed by atoms with Crippen molar-refractivity contribution < 1.29 is 9.90 Å². The molecule has 1 aromatic rings. The maximum atomic E-state index is 11.3. The summed E-state index contributed by atoms with van der Waals surface area (Å²) < 4.78 is 0. The van der Waals surface area contributed by atoms with Crippen molar-refractivity contribution in [2.75, 3.05) is 12.3 Å². The molecule has 1 aromatic heterocycles. The van der Waals surface area contributed by atoms with E-state index in [1.54, 1.807) is 12.1 Å². The molecule has 0 unspecified atom stereocenters. The minimum atomic E-state index is -0.887. The molecule has 88 valence electrons. The summed E-state index contributed by atoms with van der Waals surface area (Å²) in [4.78, 5) is 15.3. The molecule has 0 radical (unpaired) electrons. The average Bonchev–Trinajstić information content (AvgIpc) is 2.26. The van der Waals surface area contributed by atoms with E-state index in [0.29, 0.717) is 12.4 Å². The molecule has 0 spiro atoms. The van der Waals surface area contributed by atoms with Crippen molar-refractivity contribution in [2.24, 2.45) is 5.73 Å². The number of aryl methyl sites for hydroxylation is 1. The van der Waals surface area contributed by atoms with Crippen LogP contribution in [0.3, 0.4) is 0 Å². The van der Waals surface area contributed by atoms with Gasteiger partial charge in [-0.1, -0.05) is 6.07 Å². The largest absolute Gasteiger partial charge is 0.394 e. The summed E-state index contributed by atoms with van der Waals surface area (Å²) in [5.41, 5.74) is 12.5. The number of nitrogens with zero attached hydrogens (tertiary/aromatic N) is 1. The van der Waals surface area contributed by atoms with E-state index in [4.69, 9.17) is 16.6 Å². The van der Waals surface area contributed by atoms with Crippen molar-refractivity contribution in [2.45, 2.75) is 19.5 Å². The van der Waals surface area contributed by atoms with E-state index in [9.17, 15) is 4.79 Å². The molecular weight excluding hydrogens is 208 g/mol. The van der Waals surface area contributed by atoms with E-state index in [1.165, 1.54) is 0 Å². The van der Waals surface area contributed by atoms with Crippen molar-refractivity contribution in [3.8, 4) is 0 Å². The normalized spacial score (nSPS) is 12.2. The highest BCUT2D eigenvalue weighted by molar-refractivity contribution is 5.81. The highest BCUT2D eigenvalue weighted by Gasteiger charge is 2.11. The second-order valence-corrected chi connectivity index (χ2v) is 3.49. The third-order valence-corrected chi connectivity index (χ3v) is 2.20. The van der Waals surface area contributed by atoms with Crippen LogP contribution < -0.4 is 16.8 Å². The molecule has 16 heavy (non-hydrogen) atoms. The van der Waals surface area contributed by atoms with Gasteiger partial charge in [0.05, 0.1) is 6.61 Å². The molecule has 0 aromatic carbocycles. The van der Waals surface area contributed by atoms with E-state index in [2.05, 4.69) is 10.3 Å². The molecule has 0 saturated carbocycles. The first-order chi connectivity index (χ1) is 7.54. The Hall–Kier alpha value is -1.66. The number of nitrogens with one attached hydrogen (secondary N) is 1. The lowest BCUT2D eigenvalue weighted by molar-refractivity contribution is -0.123. The van der Waals surface area contributed by atoms with Crippen LogP contribution in [0.1, 0.15) is 11.3 Å². The molecule has 1 rings (SSSR count). The summed E-state index contributed by atoms with van der Waals surface area (Å²) >= 11 is 0. The van der Waals surface area contributed by atoms with Crippen LogP contribution in [0.15, 0.2) is 12.1 Å². The zero-order chi connectivity index (χ0) is 12.1. The molecule has 0 saturated heterocycles. The standard InChI is InChI=1S/C10H16N4O2/c1-6-7(2-3-9(12)14-6)4-13-10(16)8(11)5-15/h2-3,8,15H,4-5,11H2,1H3,(H2,12,14)(H,13,16)/t8-/m0/s1. The maximum Gasteiger partial charge on any atom is 0.239 e. The first kappa shape index (κ1) is 12.4. The van der Waals surface area contributed by atoms with Gasteiger partial charge in [-0.15, -0.1) is 0 Å². The Balaban J connectivity index is 2.58. The summed E-state index contributed by atoms with van der Waals surface area (Å²) in [6.45, 7) is 1.76. The van der Waals surface area contributed by atoms with Crippen molar-refractivity contribution >= 4 is 11.7 Å². The summed E-state index contributed by atoms with van der Waals surface area (Å²) in [6.07, 6.45) is 0. The molecule has 6 nitrogen and oxygen atoms in total. The van der Waals surface area contributed by atoms with Gasteiger partial charge in [-0.05, 0) is 18.6 Å². The molecule has 0 bridgehead atoms. The molecule has 0 aliphatic rings. The molecule has 6 N–H and O–H groups in total. The van der Waals surface area contributed by atoms with Crippen LogP contribution in [0.25, 0.3) is 0 Å². The van der Waals surface area contributed by atoms with Crippen molar-refractivity contribution in [1.82, 2.24) is 10.3 Å². The van der Waals surface area contributed by atoms with Crippen LogP contribution in [-0.2, 0) is 11.3 Å². The average molecular weight is 224 g/mol. The minimum Gasteiger partial charge on any atom is -0.394 e. The number of aliphatic hydroxyl groups is 1. The number of pyridine rings is 1. The van der Waals surface area contributed by atoms with Crippen LogP contribution in [0, 0.1) is 6.92 Å². The Morgan fingerprint density at radius 1 is 1.62 bits per heavy atom. The van der Waals surface area contributed by atoms with Gasteiger partial charge in [0.1, 0.15) is 11.9 Å². The number of hydrogen-bond acceptors (Lipinski definition) is 5. The molecule has 0 fully saturated rings. The van der Waals surface area contributed by atoms with Gasteiger partial charge in [0.2, 0.25) is 5.91 Å². The Morgan fingerprint density at radius 2 is 2.31 bits per heavy atom. The van der Waals surface area contributed by atoms with Crippen LogP contribution in [0.5, 0.6) is 0 Å². The minimum absolute atomic E-state index is 0.325. The SMILES string of the molecule is Cc1nc(N)ccc1CNC(=O)[C@@H](N)CO. The molecular formula is C10H16N4O2. The number of rotatable bonds is 4. The van der Waals surface area contributed by atoms with Crippen LogP contribution >= 0.6 is 0 Å².